The van der Waals surface area contributed by atoms with Crippen LogP contribution in [-0.2, 0) is 18.2 Å². The number of aryl methyl sites for hydroxylation is 2. The summed E-state index contributed by atoms with van der Waals surface area (Å²) in [5, 5.41) is 10.9. The molecular formula is C19H36IN5O. The Kier molecular flexibility index (Phi) is 12.7. The molecule has 1 aliphatic rings. The third-order valence-corrected chi connectivity index (χ3v) is 4.55. The van der Waals surface area contributed by atoms with Crippen molar-refractivity contribution in [2.75, 3.05) is 26.2 Å². The van der Waals surface area contributed by atoms with Gasteiger partial charge in [-0.15, -0.1) is 24.0 Å². The molecule has 0 radical (unpaired) electrons. The Bertz CT molecular complexity index is 498. The predicted octanol–water partition coefficient (Wildman–Crippen LogP) is 3.27. The van der Waals surface area contributed by atoms with Gasteiger partial charge in [-0.25, -0.2) is 0 Å². The van der Waals surface area contributed by atoms with Crippen LogP contribution in [0.2, 0.25) is 0 Å². The SMILES string of the molecule is CCNC(=NCCCc1cnn(C)c1)NCCOC1CCCCCC1.I. The van der Waals surface area contributed by atoms with Gasteiger partial charge in [0.1, 0.15) is 0 Å². The highest BCUT2D eigenvalue weighted by atomic mass is 127. The van der Waals surface area contributed by atoms with Crippen molar-refractivity contribution in [1.29, 1.82) is 0 Å². The molecule has 1 heterocycles. The standard InChI is InChI=1S/C19H35N5O.HI/c1-3-20-19(21-12-8-9-17-15-23-24(2)16-17)22-13-14-25-18-10-6-4-5-7-11-18;/h15-16,18H,3-14H2,1-2H3,(H2,20,21,22);1H. The minimum atomic E-state index is 0. The molecule has 7 heteroatoms. The van der Waals surface area contributed by atoms with Gasteiger partial charge in [0, 0.05) is 32.9 Å². The molecule has 0 unspecified atom stereocenters. The highest BCUT2D eigenvalue weighted by Crippen LogP contribution is 2.19. The van der Waals surface area contributed by atoms with Gasteiger partial charge in [0.25, 0.3) is 0 Å². The van der Waals surface area contributed by atoms with Gasteiger partial charge in [-0.05, 0) is 38.2 Å². The number of guanidine groups is 1. The van der Waals surface area contributed by atoms with Crippen molar-refractivity contribution in [2.45, 2.75) is 64.4 Å². The van der Waals surface area contributed by atoms with E-state index in [9.17, 15) is 0 Å². The number of rotatable bonds is 9. The van der Waals surface area contributed by atoms with Gasteiger partial charge >= 0.3 is 0 Å². The van der Waals surface area contributed by atoms with Crippen LogP contribution in [0.5, 0.6) is 0 Å². The first-order chi connectivity index (χ1) is 12.3. The summed E-state index contributed by atoms with van der Waals surface area (Å²) >= 11 is 0. The molecule has 0 saturated heterocycles. The number of halogens is 1. The molecule has 0 bridgehead atoms. The Morgan fingerprint density at radius 2 is 2.04 bits per heavy atom. The van der Waals surface area contributed by atoms with E-state index in [0.717, 1.165) is 45.0 Å². The van der Waals surface area contributed by atoms with Crippen LogP contribution in [0, 0.1) is 0 Å². The molecule has 1 saturated carbocycles. The highest BCUT2D eigenvalue weighted by Gasteiger charge is 2.12. The van der Waals surface area contributed by atoms with Gasteiger partial charge in [0.2, 0.25) is 0 Å². The Hall–Kier alpha value is -0.830. The molecule has 150 valence electrons. The second-order valence-corrected chi connectivity index (χ2v) is 6.80. The summed E-state index contributed by atoms with van der Waals surface area (Å²) in [6.45, 7) is 5.34. The van der Waals surface area contributed by atoms with E-state index in [1.165, 1.54) is 44.1 Å². The maximum Gasteiger partial charge on any atom is 0.191 e. The molecule has 26 heavy (non-hydrogen) atoms. The number of aromatic nitrogens is 2. The van der Waals surface area contributed by atoms with Crippen molar-refractivity contribution < 1.29 is 4.74 Å². The summed E-state index contributed by atoms with van der Waals surface area (Å²) in [6, 6.07) is 0. The Morgan fingerprint density at radius 1 is 1.27 bits per heavy atom. The van der Waals surface area contributed by atoms with Gasteiger partial charge < -0.3 is 15.4 Å². The summed E-state index contributed by atoms with van der Waals surface area (Å²) in [5.74, 6) is 0.887. The van der Waals surface area contributed by atoms with Gasteiger partial charge in [0.05, 0.1) is 18.9 Å². The first-order valence-corrected chi connectivity index (χ1v) is 9.89. The lowest BCUT2D eigenvalue weighted by Crippen LogP contribution is -2.39. The second kappa shape index (κ2) is 14.3. The fourth-order valence-corrected chi connectivity index (χ4v) is 3.22. The largest absolute Gasteiger partial charge is 0.376 e. The molecule has 0 amide bonds. The summed E-state index contributed by atoms with van der Waals surface area (Å²) in [7, 11) is 1.95. The van der Waals surface area contributed by atoms with E-state index in [4.69, 9.17) is 4.74 Å². The zero-order chi connectivity index (χ0) is 17.7. The highest BCUT2D eigenvalue weighted by molar-refractivity contribution is 14.0. The number of ether oxygens (including phenoxy) is 1. The lowest BCUT2D eigenvalue weighted by molar-refractivity contribution is 0.0468. The van der Waals surface area contributed by atoms with Gasteiger partial charge in [-0.1, -0.05) is 25.7 Å². The molecule has 2 N–H and O–H groups in total. The van der Waals surface area contributed by atoms with E-state index in [1.54, 1.807) is 0 Å². The molecule has 6 nitrogen and oxygen atoms in total. The van der Waals surface area contributed by atoms with Crippen molar-refractivity contribution in [2.24, 2.45) is 12.0 Å². The van der Waals surface area contributed by atoms with E-state index in [-0.39, 0.29) is 24.0 Å². The number of hydrogen-bond donors (Lipinski definition) is 2. The van der Waals surface area contributed by atoms with Crippen LogP contribution in [0.25, 0.3) is 0 Å². The third kappa shape index (κ3) is 9.75. The van der Waals surface area contributed by atoms with Crippen LogP contribution in [-0.4, -0.2) is 48.1 Å². The predicted molar refractivity (Wildman–Crippen MR) is 118 cm³/mol. The van der Waals surface area contributed by atoms with Crippen LogP contribution >= 0.6 is 24.0 Å². The van der Waals surface area contributed by atoms with E-state index in [1.807, 2.05) is 17.9 Å². The van der Waals surface area contributed by atoms with Crippen LogP contribution < -0.4 is 10.6 Å². The number of aliphatic imine (C=N–C) groups is 1. The summed E-state index contributed by atoms with van der Waals surface area (Å²) in [5.41, 5.74) is 1.27. The molecule has 2 rings (SSSR count). The van der Waals surface area contributed by atoms with Crippen LogP contribution in [0.3, 0.4) is 0 Å². The fourth-order valence-electron chi connectivity index (χ4n) is 3.22. The normalized spacial score (nSPS) is 16.0. The first kappa shape index (κ1) is 23.2. The first-order valence-electron chi connectivity index (χ1n) is 9.89. The van der Waals surface area contributed by atoms with Crippen molar-refractivity contribution >= 4 is 29.9 Å². The number of hydrogen-bond acceptors (Lipinski definition) is 3. The van der Waals surface area contributed by atoms with Crippen LogP contribution in [0.4, 0.5) is 0 Å². The lowest BCUT2D eigenvalue weighted by atomic mass is 10.1. The smallest absolute Gasteiger partial charge is 0.191 e. The molecule has 0 spiro atoms. The number of nitrogens with zero attached hydrogens (tertiary/aromatic N) is 3. The molecular weight excluding hydrogens is 441 g/mol. The van der Waals surface area contributed by atoms with E-state index < -0.39 is 0 Å². The maximum atomic E-state index is 6.02. The molecule has 0 aliphatic heterocycles. The van der Waals surface area contributed by atoms with E-state index in [0.29, 0.717) is 6.10 Å². The molecule has 1 fully saturated rings. The fraction of sp³-hybridized carbons (Fsp3) is 0.789. The quantitative estimate of drug-likeness (QED) is 0.189. The lowest BCUT2D eigenvalue weighted by Gasteiger charge is -2.16. The van der Waals surface area contributed by atoms with Crippen LogP contribution in [0.1, 0.15) is 57.4 Å². The van der Waals surface area contributed by atoms with Crippen molar-refractivity contribution in [3.8, 4) is 0 Å². The van der Waals surface area contributed by atoms with Crippen LogP contribution in [0.15, 0.2) is 17.4 Å². The Morgan fingerprint density at radius 3 is 2.69 bits per heavy atom. The Labute approximate surface area is 175 Å². The molecule has 1 aromatic rings. The zero-order valence-electron chi connectivity index (χ0n) is 16.4. The van der Waals surface area contributed by atoms with E-state index in [2.05, 4.69) is 33.8 Å². The average Bonchev–Trinajstić information content (AvgIpc) is 2.85. The van der Waals surface area contributed by atoms with Gasteiger partial charge in [-0.2, -0.15) is 5.10 Å². The average molecular weight is 477 g/mol. The Balaban J connectivity index is 0.00000338. The molecule has 1 aliphatic carbocycles. The summed E-state index contributed by atoms with van der Waals surface area (Å²) in [4.78, 5) is 4.65. The monoisotopic (exact) mass is 477 g/mol. The zero-order valence-corrected chi connectivity index (χ0v) is 18.7. The summed E-state index contributed by atoms with van der Waals surface area (Å²) < 4.78 is 7.87. The van der Waals surface area contributed by atoms with Gasteiger partial charge in [-0.3, -0.25) is 9.67 Å². The topological polar surface area (TPSA) is 63.5 Å². The molecule has 0 atom stereocenters. The maximum absolute atomic E-state index is 6.02. The minimum absolute atomic E-state index is 0. The molecule has 1 aromatic heterocycles. The van der Waals surface area contributed by atoms with Crippen molar-refractivity contribution in [1.82, 2.24) is 20.4 Å². The second-order valence-electron chi connectivity index (χ2n) is 6.80. The van der Waals surface area contributed by atoms with Crippen molar-refractivity contribution in [3.05, 3.63) is 18.0 Å². The number of nitrogens with one attached hydrogen (secondary N) is 2. The van der Waals surface area contributed by atoms with Crippen molar-refractivity contribution in [3.63, 3.8) is 0 Å². The van der Waals surface area contributed by atoms with Gasteiger partial charge in [0.15, 0.2) is 5.96 Å². The molecule has 0 aromatic carbocycles. The van der Waals surface area contributed by atoms with E-state index >= 15 is 0 Å². The minimum Gasteiger partial charge on any atom is -0.376 e. The summed E-state index contributed by atoms with van der Waals surface area (Å²) in [6.07, 6.45) is 14.3. The third-order valence-electron chi connectivity index (χ3n) is 4.55.